The average Bonchev–Trinajstić information content (AvgIpc) is 2.35. The topological polar surface area (TPSA) is 55.8 Å². The van der Waals surface area contributed by atoms with Gasteiger partial charge in [0.05, 0.1) is 13.2 Å². The highest BCUT2D eigenvalue weighted by molar-refractivity contribution is 5.94. The summed E-state index contributed by atoms with van der Waals surface area (Å²) in [5.74, 6) is -0.177. The highest BCUT2D eigenvalue weighted by atomic mass is 16.6. The lowest BCUT2D eigenvalue weighted by atomic mass is 10.2. The molecule has 0 aromatic heterocycles. The summed E-state index contributed by atoms with van der Waals surface area (Å²) >= 11 is 0. The zero-order valence-electron chi connectivity index (χ0n) is 9.28. The number of carbonyl (C=O) groups is 1. The summed E-state index contributed by atoms with van der Waals surface area (Å²) in [6, 6.07) is 9.66. The predicted octanol–water partition coefficient (Wildman–Crippen LogP) is 1.05. The minimum atomic E-state index is -1.02. The lowest BCUT2D eigenvalue weighted by Gasteiger charge is -2.21. The summed E-state index contributed by atoms with van der Waals surface area (Å²) < 4.78 is 10.4. The average molecular weight is 234 g/mol. The molecule has 0 amide bonds. The van der Waals surface area contributed by atoms with E-state index in [2.05, 4.69) is 0 Å². The number of carbonyl (C=O) groups excluding carboxylic acids is 1. The molecule has 0 aliphatic carbocycles. The van der Waals surface area contributed by atoms with Gasteiger partial charge < -0.3 is 14.6 Å². The van der Waals surface area contributed by atoms with E-state index in [0.29, 0.717) is 6.61 Å². The van der Waals surface area contributed by atoms with Crippen LogP contribution in [0.2, 0.25) is 0 Å². The van der Waals surface area contributed by atoms with E-state index in [1.165, 1.54) is 12.2 Å². The third-order valence-corrected chi connectivity index (χ3v) is 2.43. The van der Waals surface area contributed by atoms with Gasteiger partial charge in [0.25, 0.3) is 0 Å². The summed E-state index contributed by atoms with van der Waals surface area (Å²) in [5, 5.41) is 9.20. The fourth-order valence-corrected chi connectivity index (χ4v) is 1.54. The van der Waals surface area contributed by atoms with Crippen molar-refractivity contribution in [2.24, 2.45) is 0 Å². The molecule has 1 N–H and O–H groups in total. The molecule has 1 aromatic carbocycles. The van der Waals surface area contributed by atoms with E-state index in [1.54, 1.807) is 0 Å². The van der Waals surface area contributed by atoms with Crippen LogP contribution in [0.25, 0.3) is 0 Å². The Morgan fingerprint density at radius 2 is 2.06 bits per heavy atom. The number of hydrogen-bond acceptors (Lipinski definition) is 4. The van der Waals surface area contributed by atoms with Crippen LogP contribution in [0.4, 0.5) is 0 Å². The van der Waals surface area contributed by atoms with Gasteiger partial charge in [-0.15, -0.1) is 0 Å². The van der Waals surface area contributed by atoms with Crippen molar-refractivity contribution >= 4 is 5.78 Å². The maximum atomic E-state index is 11.4. The lowest BCUT2D eigenvalue weighted by molar-refractivity contribution is -0.157. The van der Waals surface area contributed by atoms with Crippen molar-refractivity contribution in [1.82, 2.24) is 0 Å². The SMILES string of the molecule is O=C1C=CC(O)O[C@H]1COCc1ccccc1. The molecule has 17 heavy (non-hydrogen) atoms. The van der Waals surface area contributed by atoms with Crippen LogP contribution in [-0.4, -0.2) is 29.9 Å². The number of ether oxygens (including phenoxy) is 2. The Kier molecular flexibility index (Phi) is 4.03. The van der Waals surface area contributed by atoms with Crippen molar-refractivity contribution in [3.8, 4) is 0 Å². The zero-order valence-corrected chi connectivity index (χ0v) is 9.28. The van der Waals surface area contributed by atoms with Crippen LogP contribution < -0.4 is 0 Å². The molecule has 0 radical (unpaired) electrons. The summed E-state index contributed by atoms with van der Waals surface area (Å²) in [6.07, 6.45) is 0.914. The summed E-state index contributed by atoms with van der Waals surface area (Å²) in [4.78, 5) is 11.4. The highest BCUT2D eigenvalue weighted by Gasteiger charge is 2.23. The van der Waals surface area contributed by atoms with Crippen LogP contribution in [0.15, 0.2) is 42.5 Å². The maximum absolute atomic E-state index is 11.4. The molecule has 4 nitrogen and oxygen atoms in total. The fraction of sp³-hybridized carbons (Fsp3) is 0.308. The van der Waals surface area contributed by atoms with Gasteiger partial charge in [0.2, 0.25) is 0 Å². The number of aliphatic hydroxyl groups is 1. The normalized spacial score (nSPS) is 23.9. The van der Waals surface area contributed by atoms with Crippen molar-refractivity contribution in [3.63, 3.8) is 0 Å². The predicted molar refractivity (Wildman–Crippen MR) is 61.1 cm³/mol. The monoisotopic (exact) mass is 234 g/mol. The Hall–Kier alpha value is -1.49. The van der Waals surface area contributed by atoms with Gasteiger partial charge in [-0.2, -0.15) is 0 Å². The van der Waals surface area contributed by atoms with Gasteiger partial charge in [0.15, 0.2) is 12.1 Å². The molecule has 0 bridgehead atoms. The zero-order chi connectivity index (χ0) is 12.1. The van der Waals surface area contributed by atoms with Crippen molar-refractivity contribution in [2.45, 2.75) is 19.0 Å². The number of benzene rings is 1. The van der Waals surface area contributed by atoms with E-state index in [1.807, 2.05) is 30.3 Å². The molecule has 90 valence electrons. The standard InChI is InChI=1S/C13H14O4/c14-11-6-7-13(15)17-12(11)9-16-8-10-4-2-1-3-5-10/h1-7,12-13,15H,8-9H2/t12-,13?/m0/s1. The van der Waals surface area contributed by atoms with Gasteiger partial charge >= 0.3 is 0 Å². The Labute approximate surface area is 99.5 Å². The van der Waals surface area contributed by atoms with Crippen LogP contribution >= 0.6 is 0 Å². The molecular formula is C13H14O4. The van der Waals surface area contributed by atoms with E-state index in [0.717, 1.165) is 5.56 Å². The number of hydrogen-bond donors (Lipinski definition) is 1. The summed E-state index contributed by atoms with van der Waals surface area (Å²) in [5.41, 5.74) is 1.03. The third-order valence-electron chi connectivity index (χ3n) is 2.43. The fourth-order valence-electron chi connectivity index (χ4n) is 1.54. The van der Waals surface area contributed by atoms with E-state index in [9.17, 15) is 9.90 Å². The third kappa shape index (κ3) is 3.49. The lowest BCUT2D eigenvalue weighted by Crippen LogP contribution is -2.35. The van der Waals surface area contributed by atoms with Crippen LogP contribution in [0, 0.1) is 0 Å². The Morgan fingerprint density at radius 1 is 1.29 bits per heavy atom. The largest absolute Gasteiger partial charge is 0.374 e. The Bertz CT molecular complexity index is 399. The molecule has 1 unspecified atom stereocenters. The van der Waals surface area contributed by atoms with Crippen LogP contribution in [-0.2, 0) is 20.9 Å². The quantitative estimate of drug-likeness (QED) is 0.846. The molecule has 1 aromatic rings. The second-order valence-electron chi connectivity index (χ2n) is 3.78. The Morgan fingerprint density at radius 3 is 2.82 bits per heavy atom. The van der Waals surface area contributed by atoms with E-state index in [4.69, 9.17) is 9.47 Å². The summed E-state index contributed by atoms with van der Waals surface area (Å²) in [6.45, 7) is 0.572. The van der Waals surface area contributed by atoms with E-state index < -0.39 is 12.4 Å². The first-order valence-corrected chi connectivity index (χ1v) is 5.43. The van der Waals surface area contributed by atoms with Crippen molar-refractivity contribution in [1.29, 1.82) is 0 Å². The first kappa shape index (κ1) is 12.0. The minimum Gasteiger partial charge on any atom is -0.374 e. The molecule has 0 saturated carbocycles. The molecule has 0 fully saturated rings. The highest BCUT2D eigenvalue weighted by Crippen LogP contribution is 2.09. The van der Waals surface area contributed by atoms with Crippen LogP contribution in [0.3, 0.4) is 0 Å². The van der Waals surface area contributed by atoms with Gasteiger partial charge in [-0.05, 0) is 17.7 Å². The molecule has 1 aliphatic rings. The molecule has 0 spiro atoms. The Balaban J connectivity index is 1.79. The molecule has 2 rings (SSSR count). The molecule has 4 heteroatoms. The van der Waals surface area contributed by atoms with Crippen molar-refractivity contribution in [3.05, 3.63) is 48.0 Å². The first-order chi connectivity index (χ1) is 8.25. The first-order valence-electron chi connectivity index (χ1n) is 5.43. The van der Waals surface area contributed by atoms with Crippen LogP contribution in [0.5, 0.6) is 0 Å². The smallest absolute Gasteiger partial charge is 0.186 e. The second kappa shape index (κ2) is 5.72. The van der Waals surface area contributed by atoms with Gasteiger partial charge in [-0.1, -0.05) is 30.3 Å². The maximum Gasteiger partial charge on any atom is 0.186 e. The van der Waals surface area contributed by atoms with E-state index in [-0.39, 0.29) is 12.4 Å². The van der Waals surface area contributed by atoms with Crippen molar-refractivity contribution in [2.75, 3.05) is 6.61 Å². The molecule has 2 atom stereocenters. The van der Waals surface area contributed by atoms with Crippen LogP contribution in [0.1, 0.15) is 5.56 Å². The molecular weight excluding hydrogens is 220 g/mol. The molecule has 1 aliphatic heterocycles. The van der Waals surface area contributed by atoms with Gasteiger partial charge in [-0.25, -0.2) is 0 Å². The van der Waals surface area contributed by atoms with Gasteiger partial charge in [0.1, 0.15) is 6.10 Å². The number of aliphatic hydroxyl groups excluding tert-OH is 1. The van der Waals surface area contributed by atoms with Gasteiger partial charge in [-0.3, -0.25) is 4.79 Å². The second-order valence-corrected chi connectivity index (χ2v) is 3.78. The number of ketones is 1. The van der Waals surface area contributed by atoms with E-state index >= 15 is 0 Å². The number of rotatable bonds is 4. The van der Waals surface area contributed by atoms with Gasteiger partial charge in [0, 0.05) is 0 Å². The van der Waals surface area contributed by atoms with Crippen molar-refractivity contribution < 1.29 is 19.4 Å². The molecule has 0 saturated heterocycles. The molecule has 1 heterocycles. The summed E-state index contributed by atoms with van der Waals surface area (Å²) in [7, 11) is 0. The minimum absolute atomic E-state index is 0.148.